The average Bonchev–Trinajstić information content (AvgIpc) is 3.01. The molecule has 0 amide bonds. The van der Waals surface area contributed by atoms with Crippen molar-refractivity contribution in [1.82, 2.24) is 0 Å². The van der Waals surface area contributed by atoms with Crippen molar-refractivity contribution in [2.24, 2.45) is 10.7 Å². The Morgan fingerprint density at radius 3 is 2.58 bits per heavy atom. The van der Waals surface area contributed by atoms with Crippen molar-refractivity contribution < 1.29 is 0 Å². The Kier molecular flexibility index (Phi) is 3.92. The van der Waals surface area contributed by atoms with E-state index in [1.165, 1.54) is 25.5 Å². The number of nitrogens with two attached hydrogens (primary N) is 1. The summed E-state index contributed by atoms with van der Waals surface area (Å²) in [6, 6.07) is 19.0. The van der Waals surface area contributed by atoms with Gasteiger partial charge in [0.1, 0.15) is 0 Å². The maximum atomic E-state index is 6.29. The zero-order valence-electron chi connectivity index (χ0n) is 13.5. The number of nitrogens with zero attached hydrogens (tertiary/aromatic N) is 2. The molecule has 0 radical (unpaired) electrons. The van der Waals surface area contributed by atoms with Crippen LogP contribution in [0.3, 0.4) is 0 Å². The summed E-state index contributed by atoms with van der Waals surface area (Å²) >= 11 is 2.30. The zero-order valence-corrected chi connectivity index (χ0v) is 15.6. The number of aryl methyl sites for hydroxylation is 2. The Hall–Kier alpha value is -2.08. The summed E-state index contributed by atoms with van der Waals surface area (Å²) in [6.07, 6.45) is 2.25. The molecule has 0 saturated heterocycles. The summed E-state index contributed by atoms with van der Waals surface area (Å²) in [4.78, 5) is 6.64. The van der Waals surface area contributed by atoms with Gasteiger partial charge in [-0.1, -0.05) is 30.3 Å². The highest BCUT2D eigenvalue weighted by atomic mass is 127. The zero-order chi connectivity index (χ0) is 16.7. The number of rotatable bonds is 2. The van der Waals surface area contributed by atoms with E-state index < -0.39 is 0 Å². The molecule has 0 bridgehead atoms. The van der Waals surface area contributed by atoms with Gasteiger partial charge in [0, 0.05) is 21.7 Å². The normalized spacial score (nSPS) is 13.5. The lowest BCUT2D eigenvalue weighted by Crippen LogP contribution is -2.33. The van der Waals surface area contributed by atoms with Gasteiger partial charge in [-0.05, 0) is 76.2 Å². The maximum Gasteiger partial charge on any atom is 0.200 e. The first kappa shape index (κ1) is 15.4. The van der Waals surface area contributed by atoms with Crippen LogP contribution in [0, 0.1) is 3.57 Å². The van der Waals surface area contributed by atoms with Crippen LogP contribution in [0.1, 0.15) is 11.1 Å². The summed E-state index contributed by atoms with van der Waals surface area (Å²) in [5.74, 6) is 0.496. The minimum atomic E-state index is 0.496. The van der Waals surface area contributed by atoms with Gasteiger partial charge >= 0.3 is 0 Å². The topological polar surface area (TPSA) is 41.6 Å². The Morgan fingerprint density at radius 2 is 1.79 bits per heavy atom. The van der Waals surface area contributed by atoms with E-state index in [1.54, 1.807) is 0 Å². The highest BCUT2D eigenvalue weighted by molar-refractivity contribution is 14.1. The second kappa shape index (κ2) is 6.09. The van der Waals surface area contributed by atoms with Crippen LogP contribution >= 0.6 is 22.6 Å². The maximum absolute atomic E-state index is 6.29. The van der Waals surface area contributed by atoms with Crippen LogP contribution in [0.25, 0.3) is 10.8 Å². The van der Waals surface area contributed by atoms with E-state index in [-0.39, 0.29) is 0 Å². The molecule has 0 spiro atoms. The van der Waals surface area contributed by atoms with Crippen molar-refractivity contribution in [3.8, 4) is 0 Å². The van der Waals surface area contributed by atoms with Gasteiger partial charge in [0.05, 0.1) is 5.69 Å². The molecular weight excluding hydrogens is 409 g/mol. The van der Waals surface area contributed by atoms with Gasteiger partial charge in [0.15, 0.2) is 0 Å². The fourth-order valence-corrected chi connectivity index (χ4v) is 3.87. The van der Waals surface area contributed by atoms with Gasteiger partial charge in [-0.25, -0.2) is 4.99 Å². The van der Waals surface area contributed by atoms with E-state index in [2.05, 4.69) is 65.1 Å². The number of anilines is 1. The van der Waals surface area contributed by atoms with E-state index in [0.29, 0.717) is 5.96 Å². The van der Waals surface area contributed by atoms with E-state index >= 15 is 0 Å². The van der Waals surface area contributed by atoms with Crippen LogP contribution in [0.15, 0.2) is 59.6 Å². The molecule has 0 heterocycles. The van der Waals surface area contributed by atoms with Crippen LogP contribution < -0.4 is 10.6 Å². The average molecular weight is 427 g/mol. The van der Waals surface area contributed by atoms with E-state index in [9.17, 15) is 0 Å². The largest absolute Gasteiger partial charge is 0.369 e. The Bertz CT molecular complexity index is 952. The molecule has 0 saturated carbocycles. The number of hydrogen-bond acceptors (Lipinski definition) is 1. The molecule has 24 heavy (non-hydrogen) atoms. The Morgan fingerprint density at radius 1 is 1.04 bits per heavy atom. The molecule has 3 nitrogen and oxygen atoms in total. The van der Waals surface area contributed by atoms with Crippen molar-refractivity contribution in [2.75, 3.05) is 11.9 Å². The lowest BCUT2D eigenvalue weighted by molar-refractivity contribution is 1.02. The second-order valence-electron chi connectivity index (χ2n) is 6.09. The molecule has 3 aromatic carbocycles. The number of aliphatic imine (C=N–C) groups is 1. The first-order valence-corrected chi connectivity index (χ1v) is 9.08. The number of benzene rings is 3. The first-order valence-electron chi connectivity index (χ1n) is 8.00. The van der Waals surface area contributed by atoms with Gasteiger partial charge in [-0.15, -0.1) is 0 Å². The second-order valence-corrected chi connectivity index (χ2v) is 7.34. The number of hydrogen-bond donors (Lipinski definition) is 1. The molecule has 2 N–H and O–H groups in total. The molecule has 1 aliphatic rings. The molecule has 0 aliphatic heterocycles. The van der Waals surface area contributed by atoms with Crippen molar-refractivity contribution in [3.63, 3.8) is 0 Å². The van der Waals surface area contributed by atoms with Gasteiger partial charge in [-0.2, -0.15) is 0 Å². The van der Waals surface area contributed by atoms with E-state index in [4.69, 9.17) is 10.7 Å². The minimum Gasteiger partial charge on any atom is -0.369 e. The van der Waals surface area contributed by atoms with Crippen molar-refractivity contribution in [1.29, 1.82) is 0 Å². The molecule has 0 unspecified atom stereocenters. The lowest BCUT2D eigenvalue weighted by atomic mass is 10.0. The predicted octanol–water partition coefficient (Wildman–Crippen LogP) is 4.63. The third-order valence-corrected chi connectivity index (χ3v) is 5.30. The van der Waals surface area contributed by atoms with Crippen molar-refractivity contribution in [3.05, 3.63) is 69.3 Å². The molecule has 3 aromatic rings. The molecule has 0 fully saturated rings. The molecule has 0 aromatic heterocycles. The van der Waals surface area contributed by atoms with Crippen LogP contribution in [0.2, 0.25) is 0 Å². The highest BCUT2D eigenvalue weighted by Gasteiger charge is 2.16. The van der Waals surface area contributed by atoms with Crippen LogP contribution in [0.4, 0.5) is 11.4 Å². The molecule has 4 heteroatoms. The standard InChI is InChI=1S/C20H18IN3/c1-24(16-6-3-5-15(21)12-16)20(22)23-18-11-10-14-9-8-13-4-2-7-17(18)19(13)14/h2-7,10-12H,8-9H2,1H3,(H2,22,23). The highest BCUT2D eigenvalue weighted by Crippen LogP contribution is 2.36. The third kappa shape index (κ3) is 2.65. The van der Waals surface area contributed by atoms with Gasteiger partial charge in [-0.3, -0.25) is 0 Å². The van der Waals surface area contributed by atoms with Gasteiger partial charge in [0.25, 0.3) is 0 Å². The SMILES string of the molecule is CN(C(N)=Nc1ccc2c3c(cccc13)CC2)c1cccc(I)c1. The van der Waals surface area contributed by atoms with E-state index in [1.807, 2.05) is 24.1 Å². The fourth-order valence-electron chi connectivity index (χ4n) is 3.34. The summed E-state index contributed by atoms with van der Waals surface area (Å²) in [7, 11) is 1.95. The first-order chi connectivity index (χ1) is 11.6. The van der Waals surface area contributed by atoms with Crippen molar-refractivity contribution >= 4 is 50.7 Å². The lowest BCUT2D eigenvalue weighted by Gasteiger charge is -2.18. The summed E-state index contributed by atoms with van der Waals surface area (Å²) in [5, 5.41) is 2.56. The van der Waals surface area contributed by atoms with Crippen LogP contribution in [-0.4, -0.2) is 13.0 Å². The van der Waals surface area contributed by atoms with Crippen molar-refractivity contribution in [2.45, 2.75) is 12.8 Å². The number of guanidine groups is 1. The summed E-state index contributed by atoms with van der Waals surface area (Å²) in [6.45, 7) is 0. The minimum absolute atomic E-state index is 0.496. The van der Waals surface area contributed by atoms with Crippen LogP contribution in [-0.2, 0) is 12.8 Å². The number of halogens is 1. The Labute approximate surface area is 155 Å². The van der Waals surface area contributed by atoms with Gasteiger partial charge < -0.3 is 10.6 Å². The Balaban J connectivity index is 1.77. The fraction of sp³-hybridized carbons (Fsp3) is 0.150. The molecule has 1 aliphatic carbocycles. The monoisotopic (exact) mass is 427 g/mol. The van der Waals surface area contributed by atoms with Crippen LogP contribution in [0.5, 0.6) is 0 Å². The molecular formula is C20H18IN3. The smallest absolute Gasteiger partial charge is 0.200 e. The summed E-state index contributed by atoms with van der Waals surface area (Å²) < 4.78 is 1.18. The third-order valence-electron chi connectivity index (χ3n) is 4.63. The molecule has 0 atom stereocenters. The van der Waals surface area contributed by atoms with Gasteiger partial charge in [0.2, 0.25) is 5.96 Å². The quantitative estimate of drug-likeness (QED) is 0.368. The summed E-state index contributed by atoms with van der Waals surface area (Å²) in [5.41, 5.74) is 11.1. The molecule has 4 rings (SSSR count). The predicted molar refractivity (Wildman–Crippen MR) is 110 cm³/mol. The molecule has 120 valence electrons. The van der Waals surface area contributed by atoms with E-state index in [0.717, 1.165) is 24.2 Å².